The minimum absolute atomic E-state index is 0.280. The fourth-order valence-corrected chi connectivity index (χ4v) is 2.57. The molecule has 1 aromatic rings. The van der Waals surface area contributed by atoms with E-state index >= 15 is 0 Å². The summed E-state index contributed by atoms with van der Waals surface area (Å²) >= 11 is 3.49. The topological polar surface area (TPSA) is 26.0 Å². The highest BCUT2D eigenvalue weighted by molar-refractivity contribution is 9.10. The van der Waals surface area contributed by atoms with Crippen LogP contribution in [0.25, 0.3) is 0 Å². The molecule has 0 radical (unpaired) electrons. The Morgan fingerprint density at radius 1 is 1.54 bits per heavy atom. The third kappa shape index (κ3) is 1.65. The summed E-state index contributed by atoms with van der Waals surface area (Å²) in [4.78, 5) is 0. The number of halogens is 1. The average Bonchev–Trinajstić information content (AvgIpc) is 2.46. The highest BCUT2D eigenvalue weighted by Crippen LogP contribution is 2.35. The Labute approximate surface area is 87.5 Å². The molecule has 1 aliphatic rings. The second-order valence-electron chi connectivity index (χ2n) is 3.85. The summed E-state index contributed by atoms with van der Waals surface area (Å²) in [6.07, 6.45) is 2.39. The van der Waals surface area contributed by atoms with Gasteiger partial charge in [-0.05, 0) is 48.9 Å². The molecule has 1 nitrogen and oxygen atoms in total. The number of nitrogens with two attached hydrogens (primary N) is 1. The summed E-state index contributed by atoms with van der Waals surface area (Å²) in [5.74, 6) is 0.572. The van der Waals surface area contributed by atoms with Gasteiger partial charge in [-0.2, -0.15) is 0 Å². The Kier molecular flexibility index (Phi) is 2.43. The van der Waals surface area contributed by atoms with Gasteiger partial charge in [0.1, 0.15) is 0 Å². The normalized spacial score (nSPS) is 22.8. The van der Waals surface area contributed by atoms with Gasteiger partial charge in [0.25, 0.3) is 0 Å². The summed E-state index contributed by atoms with van der Waals surface area (Å²) in [7, 11) is 0. The standard InChI is InChI=1S/C11H14BrN/c1-7(13)10-4-2-8-6-9(12)3-5-11(8)10/h3,5-7,10H,2,4,13H2,1H3. The maximum Gasteiger partial charge on any atom is 0.0178 e. The smallest absolute Gasteiger partial charge is 0.0178 e. The van der Waals surface area contributed by atoms with Gasteiger partial charge in [-0.15, -0.1) is 0 Å². The van der Waals surface area contributed by atoms with Crippen molar-refractivity contribution in [3.63, 3.8) is 0 Å². The van der Waals surface area contributed by atoms with E-state index in [0.29, 0.717) is 5.92 Å². The summed E-state index contributed by atoms with van der Waals surface area (Å²) in [5, 5.41) is 0. The molecule has 1 aliphatic carbocycles. The van der Waals surface area contributed by atoms with E-state index in [9.17, 15) is 0 Å². The maximum absolute atomic E-state index is 5.94. The van der Waals surface area contributed by atoms with E-state index in [1.807, 2.05) is 0 Å². The summed E-state index contributed by atoms with van der Waals surface area (Å²) < 4.78 is 1.18. The van der Waals surface area contributed by atoms with Crippen molar-refractivity contribution in [1.29, 1.82) is 0 Å². The van der Waals surface area contributed by atoms with Crippen molar-refractivity contribution in [1.82, 2.24) is 0 Å². The molecule has 70 valence electrons. The molecule has 1 aromatic carbocycles. The molecule has 0 fully saturated rings. The van der Waals surface area contributed by atoms with Crippen LogP contribution in [0.4, 0.5) is 0 Å². The molecular formula is C11H14BrN. The molecule has 2 atom stereocenters. The van der Waals surface area contributed by atoms with Gasteiger partial charge in [0.05, 0.1) is 0 Å². The number of benzene rings is 1. The van der Waals surface area contributed by atoms with Crippen LogP contribution in [0.2, 0.25) is 0 Å². The molecule has 0 saturated heterocycles. The van der Waals surface area contributed by atoms with Crippen molar-refractivity contribution in [2.75, 3.05) is 0 Å². The molecule has 0 aliphatic heterocycles. The monoisotopic (exact) mass is 239 g/mol. The van der Waals surface area contributed by atoms with Gasteiger partial charge in [-0.3, -0.25) is 0 Å². The van der Waals surface area contributed by atoms with E-state index in [1.165, 1.54) is 28.4 Å². The lowest BCUT2D eigenvalue weighted by atomic mass is 9.95. The van der Waals surface area contributed by atoms with Crippen LogP contribution < -0.4 is 5.73 Å². The molecule has 0 heterocycles. The van der Waals surface area contributed by atoms with Gasteiger partial charge in [0.2, 0.25) is 0 Å². The Bertz CT molecular complexity index is 320. The van der Waals surface area contributed by atoms with Crippen LogP contribution in [0.5, 0.6) is 0 Å². The Hall–Kier alpha value is -0.340. The highest BCUT2D eigenvalue weighted by atomic mass is 79.9. The highest BCUT2D eigenvalue weighted by Gasteiger charge is 2.24. The fourth-order valence-electron chi connectivity index (χ4n) is 2.17. The molecule has 13 heavy (non-hydrogen) atoms. The second kappa shape index (κ2) is 3.43. The quantitative estimate of drug-likeness (QED) is 0.802. The second-order valence-corrected chi connectivity index (χ2v) is 4.76. The molecule has 0 saturated carbocycles. The van der Waals surface area contributed by atoms with Gasteiger partial charge < -0.3 is 5.73 Å². The summed E-state index contributed by atoms with van der Waals surface area (Å²) in [6, 6.07) is 6.82. The van der Waals surface area contributed by atoms with Crippen LogP contribution in [-0.4, -0.2) is 6.04 Å². The molecule has 0 bridgehead atoms. The molecule has 0 spiro atoms. The van der Waals surface area contributed by atoms with Gasteiger partial charge in [0.15, 0.2) is 0 Å². The molecule has 2 heteroatoms. The van der Waals surface area contributed by atoms with Crippen LogP contribution >= 0.6 is 15.9 Å². The van der Waals surface area contributed by atoms with Crippen molar-refractivity contribution < 1.29 is 0 Å². The van der Waals surface area contributed by atoms with Crippen molar-refractivity contribution >= 4 is 15.9 Å². The number of aryl methyl sites for hydroxylation is 1. The van der Waals surface area contributed by atoms with Crippen LogP contribution in [-0.2, 0) is 6.42 Å². The third-order valence-electron chi connectivity index (χ3n) is 2.86. The molecule has 2 rings (SSSR count). The predicted octanol–water partition coefficient (Wildman–Crippen LogP) is 2.83. The lowest BCUT2D eigenvalue weighted by Crippen LogP contribution is -2.22. The SMILES string of the molecule is CC(N)C1CCc2cc(Br)ccc21. The van der Waals surface area contributed by atoms with Gasteiger partial charge in [-0.1, -0.05) is 22.0 Å². The van der Waals surface area contributed by atoms with Crippen molar-refractivity contribution in [2.45, 2.75) is 31.7 Å². The third-order valence-corrected chi connectivity index (χ3v) is 3.36. The molecule has 2 N–H and O–H groups in total. The Morgan fingerprint density at radius 2 is 2.31 bits per heavy atom. The van der Waals surface area contributed by atoms with Gasteiger partial charge >= 0.3 is 0 Å². The van der Waals surface area contributed by atoms with Gasteiger partial charge in [0, 0.05) is 10.5 Å². The first-order chi connectivity index (χ1) is 6.18. The minimum Gasteiger partial charge on any atom is -0.327 e. The predicted molar refractivity (Wildman–Crippen MR) is 58.9 cm³/mol. The van der Waals surface area contributed by atoms with Crippen LogP contribution in [0, 0.1) is 0 Å². The lowest BCUT2D eigenvalue weighted by molar-refractivity contribution is 0.564. The first-order valence-electron chi connectivity index (χ1n) is 4.72. The van der Waals surface area contributed by atoms with E-state index in [0.717, 1.165) is 0 Å². The first-order valence-corrected chi connectivity index (χ1v) is 5.51. The summed E-state index contributed by atoms with van der Waals surface area (Å²) in [6.45, 7) is 2.10. The van der Waals surface area contributed by atoms with E-state index in [-0.39, 0.29) is 6.04 Å². The number of fused-ring (bicyclic) bond motifs is 1. The Balaban J connectivity index is 2.38. The van der Waals surface area contributed by atoms with Gasteiger partial charge in [-0.25, -0.2) is 0 Å². The minimum atomic E-state index is 0.280. The van der Waals surface area contributed by atoms with E-state index in [4.69, 9.17) is 5.73 Å². The van der Waals surface area contributed by atoms with Crippen molar-refractivity contribution in [2.24, 2.45) is 5.73 Å². The zero-order valence-electron chi connectivity index (χ0n) is 7.76. The molecule has 0 amide bonds. The van der Waals surface area contributed by atoms with Crippen LogP contribution in [0.3, 0.4) is 0 Å². The fraction of sp³-hybridized carbons (Fsp3) is 0.455. The van der Waals surface area contributed by atoms with Crippen molar-refractivity contribution in [3.8, 4) is 0 Å². The zero-order chi connectivity index (χ0) is 9.42. The number of rotatable bonds is 1. The first kappa shape index (κ1) is 9.22. The average molecular weight is 240 g/mol. The summed E-state index contributed by atoms with van der Waals surface area (Å²) in [5.41, 5.74) is 8.86. The maximum atomic E-state index is 5.94. The van der Waals surface area contributed by atoms with Crippen LogP contribution in [0.15, 0.2) is 22.7 Å². The van der Waals surface area contributed by atoms with E-state index in [2.05, 4.69) is 41.1 Å². The molecule has 0 aromatic heterocycles. The van der Waals surface area contributed by atoms with Crippen LogP contribution in [0.1, 0.15) is 30.4 Å². The number of hydrogen-bond donors (Lipinski definition) is 1. The molecular weight excluding hydrogens is 226 g/mol. The number of hydrogen-bond acceptors (Lipinski definition) is 1. The van der Waals surface area contributed by atoms with Crippen molar-refractivity contribution in [3.05, 3.63) is 33.8 Å². The lowest BCUT2D eigenvalue weighted by Gasteiger charge is -2.15. The zero-order valence-corrected chi connectivity index (χ0v) is 9.34. The molecule has 2 unspecified atom stereocenters. The van der Waals surface area contributed by atoms with E-state index < -0.39 is 0 Å². The largest absolute Gasteiger partial charge is 0.327 e. The Morgan fingerprint density at radius 3 is 3.00 bits per heavy atom. The van der Waals surface area contributed by atoms with E-state index in [1.54, 1.807) is 0 Å².